The third kappa shape index (κ3) is 3.91. The lowest BCUT2D eigenvalue weighted by atomic mass is 10.1. The van der Waals surface area contributed by atoms with Crippen LogP contribution < -0.4 is 14.8 Å². The molecule has 1 aliphatic rings. The summed E-state index contributed by atoms with van der Waals surface area (Å²) in [5.74, 6) is 1.71. The first-order valence-electron chi connectivity index (χ1n) is 9.78. The third-order valence-corrected chi connectivity index (χ3v) is 4.89. The average Bonchev–Trinajstić information content (AvgIpc) is 3.37. The van der Waals surface area contributed by atoms with Crippen molar-refractivity contribution in [1.82, 2.24) is 9.78 Å². The SMILES string of the molecule is COc1ccc(-n2nc(NC(=O)[C@@H]3CCOC3)c3c(OC(C)C)cccc32)cc1. The van der Waals surface area contributed by atoms with Gasteiger partial charge in [0, 0.05) is 6.61 Å². The summed E-state index contributed by atoms with van der Waals surface area (Å²) in [6.45, 7) is 5.00. The number of rotatable bonds is 6. The van der Waals surface area contributed by atoms with Gasteiger partial charge in [0.15, 0.2) is 5.82 Å². The molecule has 1 amide bonds. The molecule has 0 unspecified atom stereocenters. The molecule has 1 atom stereocenters. The molecule has 152 valence electrons. The molecule has 7 nitrogen and oxygen atoms in total. The van der Waals surface area contributed by atoms with Crippen LogP contribution in [0.4, 0.5) is 5.82 Å². The summed E-state index contributed by atoms with van der Waals surface area (Å²) in [6.07, 6.45) is 0.718. The monoisotopic (exact) mass is 395 g/mol. The van der Waals surface area contributed by atoms with Crippen molar-refractivity contribution in [2.75, 3.05) is 25.6 Å². The molecule has 3 aromatic rings. The fraction of sp³-hybridized carbons (Fsp3) is 0.364. The number of methoxy groups -OCH3 is 1. The summed E-state index contributed by atoms with van der Waals surface area (Å²) in [5, 5.41) is 8.50. The van der Waals surface area contributed by atoms with Crippen LogP contribution in [0.25, 0.3) is 16.6 Å². The number of aromatic nitrogens is 2. The van der Waals surface area contributed by atoms with Gasteiger partial charge >= 0.3 is 0 Å². The van der Waals surface area contributed by atoms with E-state index in [1.165, 1.54) is 0 Å². The Labute approximate surface area is 169 Å². The van der Waals surface area contributed by atoms with E-state index in [9.17, 15) is 4.79 Å². The van der Waals surface area contributed by atoms with Gasteiger partial charge < -0.3 is 19.5 Å². The van der Waals surface area contributed by atoms with Crippen molar-refractivity contribution in [3.8, 4) is 17.2 Å². The zero-order chi connectivity index (χ0) is 20.4. The van der Waals surface area contributed by atoms with Gasteiger partial charge in [0.2, 0.25) is 5.91 Å². The Balaban J connectivity index is 1.80. The molecule has 7 heteroatoms. The Morgan fingerprint density at radius 3 is 2.69 bits per heavy atom. The normalized spacial score (nSPS) is 16.3. The van der Waals surface area contributed by atoms with Crippen molar-refractivity contribution in [2.45, 2.75) is 26.4 Å². The van der Waals surface area contributed by atoms with Crippen LogP contribution in [0.15, 0.2) is 42.5 Å². The lowest BCUT2D eigenvalue weighted by Crippen LogP contribution is -2.23. The van der Waals surface area contributed by atoms with Gasteiger partial charge in [-0.2, -0.15) is 0 Å². The maximum Gasteiger partial charge on any atom is 0.231 e. The molecule has 4 rings (SSSR count). The highest BCUT2D eigenvalue weighted by Crippen LogP contribution is 2.35. The van der Waals surface area contributed by atoms with E-state index < -0.39 is 0 Å². The first-order chi connectivity index (χ1) is 14.1. The van der Waals surface area contributed by atoms with Gasteiger partial charge in [0.25, 0.3) is 0 Å². The minimum absolute atomic E-state index is 0.00304. The Hall–Kier alpha value is -3.06. The second kappa shape index (κ2) is 8.13. The molecule has 0 aliphatic carbocycles. The van der Waals surface area contributed by atoms with Crippen molar-refractivity contribution in [3.63, 3.8) is 0 Å². The average molecular weight is 395 g/mol. The predicted molar refractivity (Wildman–Crippen MR) is 111 cm³/mol. The van der Waals surface area contributed by atoms with Crippen molar-refractivity contribution >= 4 is 22.6 Å². The number of benzene rings is 2. The minimum atomic E-state index is -0.158. The Kier molecular flexibility index (Phi) is 5.40. The van der Waals surface area contributed by atoms with E-state index in [4.69, 9.17) is 19.3 Å². The summed E-state index contributed by atoms with van der Waals surface area (Å²) < 4.78 is 18.4. The molecule has 2 heterocycles. The number of hydrogen-bond donors (Lipinski definition) is 1. The maximum absolute atomic E-state index is 12.7. The summed E-state index contributed by atoms with van der Waals surface area (Å²) in [5.41, 5.74) is 1.72. The topological polar surface area (TPSA) is 74.6 Å². The van der Waals surface area contributed by atoms with E-state index in [1.54, 1.807) is 7.11 Å². The lowest BCUT2D eigenvalue weighted by molar-refractivity contribution is -0.119. The highest BCUT2D eigenvalue weighted by atomic mass is 16.5. The first kappa shape index (κ1) is 19.3. The molecule has 29 heavy (non-hydrogen) atoms. The molecular weight excluding hydrogens is 370 g/mol. The smallest absolute Gasteiger partial charge is 0.231 e. The molecule has 0 spiro atoms. The van der Waals surface area contributed by atoms with E-state index in [0.717, 1.165) is 28.8 Å². The molecule has 1 N–H and O–H groups in total. The quantitative estimate of drug-likeness (QED) is 0.687. The fourth-order valence-electron chi connectivity index (χ4n) is 3.46. The van der Waals surface area contributed by atoms with Gasteiger partial charge in [0.1, 0.15) is 11.5 Å². The molecule has 1 aliphatic heterocycles. The van der Waals surface area contributed by atoms with E-state index >= 15 is 0 Å². The maximum atomic E-state index is 12.7. The molecule has 2 aromatic carbocycles. The number of nitrogens with zero attached hydrogens (tertiary/aromatic N) is 2. The van der Waals surface area contributed by atoms with Gasteiger partial charge in [0.05, 0.1) is 42.3 Å². The molecule has 0 radical (unpaired) electrons. The standard InChI is InChI=1S/C22H25N3O4/c1-14(2)29-19-6-4-5-18-20(19)21(23-22(26)15-11-12-28-13-15)24-25(18)16-7-9-17(27-3)10-8-16/h4-10,14-15H,11-13H2,1-3H3,(H,23,24,26)/t15-/m1/s1. The van der Waals surface area contributed by atoms with Crippen LogP contribution in [-0.4, -0.2) is 42.1 Å². The van der Waals surface area contributed by atoms with Gasteiger partial charge in [-0.15, -0.1) is 5.10 Å². The van der Waals surface area contributed by atoms with Crippen molar-refractivity contribution in [1.29, 1.82) is 0 Å². The second-order valence-corrected chi connectivity index (χ2v) is 7.33. The van der Waals surface area contributed by atoms with Crippen LogP contribution in [0.2, 0.25) is 0 Å². The zero-order valence-corrected chi connectivity index (χ0v) is 16.8. The summed E-state index contributed by atoms with van der Waals surface area (Å²) in [4.78, 5) is 12.7. The molecule has 0 saturated carbocycles. The van der Waals surface area contributed by atoms with Crippen LogP contribution in [0, 0.1) is 5.92 Å². The summed E-state index contributed by atoms with van der Waals surface area (Å²) in [6, 6.07) is 13.4. The van der Waals surface area contributed by atoms with Crippen LogP contribution in [0.3, 0.4) is 0 Å². The predicted octanol–water partition coefficient (Wildman–Crippen LogP) is 3.80. The summed E-state index contributed by atoms with van der Waals surface area (Å²) >= 11 is 0. The first-order valence-corrected chi connectivity index (χ1v) is 9.78. The van der Waals surface area contributed by atoms with Gasteiger partial charge in [-0.05, 0) is 56.7 Å². The van der Waals surface area contributed by atoms with Gasteiger partial charge in [-0.25, -0.2) is 4.68 Å². The van der Waals surface area contributed by atoms with E-state index in [2.05, 4.69) is 5.32 Å². The Bertz CT molecular complexity index is 1000. The molecular formula is C22H25N3O4. The highest BCUT2D eigenvalue weighted by Gasteiger charge is 2.26. The van der Waals surface area contributed by atoms with Crippen LogP contribution in [0.1, 0.15) is 20.3 Å². The van der Waals surface area contributed by atoms with Gasteiger partial charge in [-0.1, -0.05) is 6.07 Å². The van der Waals surface area contributed by atoms with Crippen molar-refractivity contribution in [3.05, 3.63) is 42.5 Å². The second-order valence-electron chi connectivity index (χ2n) is 7.33. The fourth-order valence-corrected chi connectivity index (χ4v) is 3.46. The third-order valence-electron chi connectivity index (χ3n) is 4.89. The summed E-state index contributed by atoms with van der Waals surface area (Å²) in [7, 11) is 1.63. The number of nitrogens with one attached hydrogen (secondary N) is 1. The lowest BCUT2D eigenvalue weighted by Gasteiger charge is -2.12. The molecule has 1 aromatic heterocycles. The van der Waals surface area contributed by atoms with Gasteiger partial charge in [-0.3, -0.25) is 4.79 Å². The molecule has 0 bridgehead atoms. The number of carbonyl (C=O) groups is 1. The zero-order valence-electron chi connectivity index (χ0n) is 16.8. The Morgan fingerprint density at radius 1 is 1.24 bits per heavy atom. The Morgan fingerprint density at radius 2 is 2.03 bits per heavy atom. The van der Waals surface area contributed by atoms with E-state index in [0.29, 0.717) is 24.8 Å². The van der Waals surface area contributed by atoms with Crippen molar-refractivity contribution in [2.24, 2.45) is 5.92 Å². The van der Waals surface area contributed by atoms with E-state index in [-0.39, 0.29) is 17.9 Å². The number of carbonyl (C=O) groups excluding carboxylic acids is 1. The number of hydrogen-bond acceptors (Lipinski definition) is 5. The van der Waals surface area contributed by atoms with Crippen LogP contribution in [0.5, 0.6) is 11.5 Å². The molecule has 1 saturated heterocycles. The minimum Gasteiger partial charge on any atom is -0.497 e. The number of ether oxygens (including phenoxy) is 3. The number of anilines is 1. The number of amides is 1. The van der Waals surface area contributed by atoms with Crippen molar-refractivity contribution < 1.29 is 19.0 Å². The van der Waals surface area contributed by atoms with Crippen LogP contribution in [-0.2, 0) is 9.53 Å². The van der Waals surface area contributed by atoms with E-state index in [1.807, 2.05) is 61.0 Å². The number of fused-ring (bicyclic) bond motifs is 1. The molecule has 1 fully saturated rings. The van der Waals surface area contributed by atoms with Crippen LogP contribution >= 0.6 is 0 Å². The highest BCUT2D eigenvalue weighted by molar-refractivity contribution is 6.04. The largest absolute Gasteiger partial charge is 0.497 e.